The van der Waals surface area contributed by atoms with Crippen LogP contribution in [-0.4, -0.2) is 23.7 Å². The highest BCUT2D eigenvalue weighted by Crippen LogP contribution is 2.50. The van der Waals surface area contributed by atoms with Gasteiger partial charge >= 0.3 is 0 Å². The quantitative estimate of drug-likeness (QED) is 0.856. The van der Waals surface area contributed by atoms with E-state index in [0.717, 1.165) is 23.0 Å². The van der Waals surface area contributed by atoms with Gasteiger partial charge in [0.1, 0.15) is 12.2 Å². The second kappa shape index (κ2) is 7.36. The Hall–Kier alpha value is -2.13. The SMILES string of the molecule is CC(C)(C)[C@H]1COC([C]2[CH][CH][CH][C]2C(O)(c2ccccc2)c2ccccc2)=N1. The minimum Gasteiger partial charge on any atom is -0.478 e. The first kappa shape index (κ1) is 19.2. The van der Waals surface area contributed by atoms with E-state index in [-0.39, 0.29) is 11.5 Å². The Morgan fingerprint density at radius 3 is 1.96 bits per heavy atom. The minimum atomic E-state index is -1.28. The van der Waals surface area contributed by atoms with Gasteiger partial charge in [-0.3, -0.25) is 0 Å². The van der Waals surface area contributed by atoms with Gasteiger partial charge in [-0.15, -0.1) is 0 Å². The summed E-state index contributed by atoms with van der Waals surface area (Å²) in [7, 11) is 0. The van der Waals surface area contributed by atoms with Crippen molar-refractivity contribution in [3.63, 3.8) is 0 Å². The van der Waals surface area contributed by atoms with E-state index in [1.54, 1.807) is 0 Å². The van der Waals surface area contributed by atoms with Crippen LogP contribution >= 0.6 is 0 Å². The van der Waals surface area contributed by atoms with Gasteiger partial charge in [0.15, 0.2) is 5.90 Å². The molecule has 2 aromatic rings. The molecule has 0 amide bonds. The van der Waals surface area contributed by atoms with E-state index in [4.69, 9.17) is 9.73 Å². The number of ether oxygens (including phenoxy) is 1. The van der Waals surface area contributed by atoms with E-state index in [2.05, 4.69) is 20.8 Å². The molecule has 1 aliphatic carbocycles. The number of aliphatic hydroxyl groups is 1. The van der Waals surface area contributed by atoms with Crippen molar-refractivity contribution >= 4 is 5.90 Å². The van der Waals surface area contributed by atoms with E-state index in [9.17, 15) is 5.11 Å². The van der Waals surface area contributed by atoms with Gasteiger partial charge in [-0.05, 0) is 35.8 Å². The average Bonchev–Trinajstić information content (AvgIpc) is 3.38. The van der Waals surface area contributed by atoms with Crippen LogP contribution in [0, 0.1) is 36.5 Å². The summed E-state index contributed by atoms with van der Waals surface area (Å²) < 4.78 is 5.98. The largest absolute Gasteiger partial charge is 0.478 e. The molecule has 1 fully saturated rings. The zero-order valence-electron chi connectivity index (χ0n) is 16.6. The molecular formula is C25H26NO2. The monoisotopic (exact) mass is 372 g/mol. The molecule has 1 heterocycles. The topological polar surface area (TPSA) is 41.8 Å². The number of hydrogen-bond donors (Lipinski definition) is 1. The number of rotatable bonds is 4. The summed E-state index contributed by atoms with van der Waals surface area (Å²) in [5.74, 6) is 2.25. The molecule has 4 rings (SSSR count). The third-order valence-corrected chi connectivity index (χ3v) is 5.47. The first-order valence-electron chi connectivity index (χ1n) is 9.71. The summed E-state index contributed by atoms with van der Waals surface area (Å²) in [5, 5.41) is 12.1. The Bertz CT molecular complexity index is 783. The van der Waals surface area contributed by atoms with Gasteiger partial charge in [-0.1, -0.05) is 81.4 Å². The zero-order valence-corrected chi connectivity index (χ0v) is 16.6. The molecule has 0 unspecified atom stereocenters. The highest BCUT2D eigenvalue weighted by atomic mass is 16.5. The van der Waals surface area contributed by atoms with Crippen LogP contribution in [0.25, 0.3) is 0 Å². The van der Waals surface area contributed by atoms with Crippen molar-refractivity contribution < 1.29 is 9.84 Å². The van der Waals surface area contributed by atoms with E-state index < -0.39 is 5.60 Å². The Morgan fingerprint density at radius 2 is 1.46 bits per heavy atom. The molecule has 2 aromatic carbocycles. The number of nitrogens with zero attached hydrogens (tertiary/aromatic N) is 1. The van der Waals surface area contributed by atoms with Crippen LogP contribution in [0.5, 0.6) is 0 Å². The summed E-state index contributed by atoms with van der Waals surface area (Å²) in [6, 6.07) is 19.6. The summed E-state index contributed by atoms with van der Waals surface area (Å²) in [6.45, 7) is 7.08. The lowest BCUT2D eigenvalue weighted by atomic mass is 9.71. The van der Waals surface area contributed by atoms with Gasteiger partial charge < -0.3 is 9.84 Å². The molecule has 1 atom stereocenters. The Balaban J connectivity index is 1.75. The summed E-state index contributed by atoms with van der Waals surface area (Å²) in [5.41, 5.74) is 0.385. The van der Waals surface area contributed by atoms with E-state index in [1.165, 1.54) is 0 Å². The zero-order chi connectivity index (χ0) is 19.8. The Kier molecular flexibility index (Phi) is 5.05. The van der Waals surface area contributed by atoms with E-state index in [0.29, 0.717) is 12.5 Å². The van der Waals surface area contributed by atoms with Crippen molar-refractivity contribution in [3.8, 4) is 0 Å². The minimum absolute atomic E-state index is 0.0314. The second-order valence-electron chi connectivity index (χ2n) is 8.42. The lowest BCUT2D eigenvalue weighted by Crippen LogP contribution is -2.38. The predicted molar refractivity (Wildman–Crippen MR) is 112 cm³/mol. The van der Waals surface area contributed by atoms with Crippen LogP contribution in [0.3, 0.4) is 0 Å². The molecule has 0 spiro atoms. The Morgan fingerprint density at radius 1 is 0.893 bits per heavy atom. The van der Waals surface area contributed by atoms with Crippen molar-refractivity contribution in [3.05, 3.63) is 103 Å². The van der Waals surface area contributed by atoms with Gasteiger partial charge in [-0.25, -0.2) is 4.99 Å². The third kappa shape index (κ3) is 3.37. The van der Waals surface area contributed by atoms with Crippen molar-refractivity contribution in [2.24, 2.45) is 10.4 Å². The highest BCUT2D eigenvalue weighted by molar-refractivity contribution is 5.99. The lowest BCUT2D eigenvalue weighted by Gasteiger charge is -2.37. The summed E-state index contributed by atoms with van der Waals surface area (Å²) in [6.07, 6.45) is 5.90. The highest BCUT2D eigenvalue weighted by Gasteiger charge is 2.51. The van der Waals surface area contributed by atoms with E-state index >= 15 is 0 Å². The molecular weight excluding hydrogens is 346 g/mol. The van der Waals surface area contributed by atoms with Gasteiger partial charge in [0.05, 0.1) is 12.0 Å². The molecule has 1 saturated carbocycles. The first-order chi connectivity index (χ1) is 13.4. The van der Waals surface area contributed by atoms with Gasteiger partial charge in [0.25, 0.3) is 0 Å². The van der Waals surface area contributed by atoms with Gasteiger partial charge in [0, 0.05) is 5.92 Å². The number of aliphatic imine (C=N–C) groups is 1. The molecule has 143 valence electrons. The summed E-state index contributed by atoms with van der Waals surface area (Å²) in [4.78, 5) is 4.85. The van der Waals surface area contributed by atoms with Gasteiger partial charge in [-0.2, -0.15) is 0 Å². The molecule has 28 heavy (non-hydrogen) atoms. The molecule has 5 radical (unpaired) electrons. The van der Waals surface area contributed by atoms with Crippen molar-refractivity contribution in [1.29, 1.82) is 0 Å². The molecule has 0 aromatic heterocycles. The maximum Gasteiger partial charge on any atom is 0.192 e. The van der Waals surface area contributed by atoms with Crippen molar-refractivity contribution in [2.75, 3.05) is 6.61 Å². The molecule has 0 saturated heterocycles. The fourth-order valence-corrected chi connectivity index (χ4v) is 3.72. The van der Waals surface area contributed by atoms with Crippen LogP contribution in [0.15, 0.2) is 65.7 Å². The van der Waals surface area contributed by atoms with Crippen LogP contribution in [0.4, 0.5) is 0 Å². The van der Waals surface area contributed by atoms with Crippen molar-refractivity contribution in [2.45, 2.75) is 32.4 Å². The second-order valence-corrected chi connectivity index (χ2v) is 8.42. The van der Waals surface area contributed by atoms with Crippen LogP contribution < -0.4 is 0 Å². The molecule has 3 heteroatoms. The maximum absolute atomic E-state index is 12.1. The fourth-order valence-electron chi connectivity index (χ4n) is 3.72. The normalized spacial score (nSPS) is 21.6. The lowest BCUT2D eigenvalue weighted by molar-refractivity contribution is 0.102. The molecule has 0 bridgehead atoms. The molecule has 3 nitrogen and oxygen atoms in total. The number of benzene rings is 2. The maximum atomic E-state index is 12.1. The fraction of sp³-hybridized carbons (Fsp3) is 0.280. The van der Waals surface area contributed by atoms with Crippen molar-refractivity contribution in [1.82, 2.24) is 0 Å². The molecule has 1 N–H and O–H groups in total. The van der Waals surface area contributed by atoms with Crippen LogP contribution in [0.1, 0.15) is 31.9 Å². The number of hydrogen-bond acceptors (Lipinski definition) is 3. The van der Waals surface area contributed by atoms with Crippen LogP contribution in [-0.2, 0) is 10.3 Å². The molecule has 2 aliphatic rings. The third-order valence-electron chi connectivity index (χ3n) is 5.47. The van der Waals surface area contributed by atoms with Crippen LogP contribution in [0.2, 0.25) is 0 Å². The predicted octanol–water partition coefficient (Wildman–Crippen LogP) is 4.54. The standard InChI is InChI=1S/C25H26NO2/c1-24(2,3)22-17-28-23(26-22)20-15-10-16-21(20)25(27,18-11-6-4-7-12-18)19-13-8-5-9-14-19/h4-16,22,27H,17H2,1-3H3/t22-/m1/s1. The average molecular weight is 372 g/mol. The first-order valence-corrected chi connectivity index (χ1v) is 9.71. The summed E-state index contributed by atoms with van der Waals surface area (Å²) >= 11 is 0. The van der Waals surface area contributed by atoms with Gasteiger partial charge in [0.2, 0.25) is 0 Å². The smallest absolute Gasteiger partial charge is 0.192 e. The Labute approximate surface area is 168 Å². The van der Waals surface area contributed by atoms with E-state index in [1.807, 2.05) is 79.9 Å². The molecule has 1 aliphatic heterocycles.